The summed E-state index contributed by atoms with van der Waals surface area (Å²) >= 11 is 6.09. The highest BCUT2D eigenvalue weighted by molar-refractivity contribution is 6.32. The van der Waals surface area contributed by atoms with E-state index in [9.17, 15) is 5.11 Å². The van der Waals surface area contributed by atoms with Crippen molar-refractivity contribution in [2.45, 2.75) is 38.7 Å². The van der Waals surface area contributed by atoms with Gasteiger partial charge < -0.3 is 9.84 Å². The fourth-order valence-corrected chi connectivity index (χ4v) is 2.98. The lowest BCUT2D eigenvalue weighted by Gasteiger charge is -2.30. The van der Waals surface area contributed by atoms with Crippen molar-refractivity contribution >= 4 is 11.6 Å². The topological polar surface area (TPSA) is 29.5 Å². The van der Waals surface area contributed by atoms with E-state index in [1.165, 1.54) is 12.8 Å². The van der Waals surface area contributed by atoms with Gasteiger partial charge in [0.25, 0.3) is 0 Å². The Hall–Kier alpha value is -0.730. The van der Waals surface area contributed by atoms with Gasteiger partial charge in [0.2, 0.25) is 0 Å². The molecule has 0 bridgehead atoms. The SMILES string of the molecule is COc1ccc(C(O)C2(C)CCCC2)cc1Cl. The van der Waals surface area contributed by atoms with Crippen LogP contribution in [-0.2, 0) is 0 Å². The summed E-state index contributed by atoms with van der Waals surface area (Å²) in [5.74, 6) is 0.652. The summed E-state index contributed by atoms with van der Waals surface area (Å²) in [5.41, 5.74) is 0.887. The fraction of sp³-hybridized carbons (Fsp3) is 0.571. The van der Waals surface area contributed by atoms with Crippen LogP contribution in [0.15, 0.2) is 18.2 Å². The number of hydrogen-bond donors (Lipinski definition) is 1. The fourth-order valence-electron chi connectivity index (χ4n) is 2.71. The number of halogens is 1. The Morgan fingerprint density at radius 1 is 1.35 bits per heavy atom. The van der Waals surface area contributed by atoms with Gasteiger partial charge >= 0.3 is 0 Å². The van der Waals surface area contributed by atoms with E-state index in [0.717, 1.165) is 18.4 Å². The van der Waals surface area contributed by atoms with Crippen molar-refractivity contribution in [3.8, 4) is 5.75 Å². The largest absolute Gasteiger partial charge is 0.495 e. The molecule has 0 heterocycles. The van der Waals surface area contributed by atoms with E-state index in [2.05, 4.69) is 6.92 Å². The average Bonchev–Trinajstić information content (AvgIpc) is 2.76. The number of aliphatic hydroxyl groups is 1. The molecule has 2 rings (SSSR count). The molecule has 2 nitrogen and oxygen atoms in total. The molecular weight excluding hydrogens is 236 g/mol. The molecule has 1 aliphatic rings. The standard InChI is InChI=1S/C14H19ClO2/c1-14(7-3-4-8-14)13(16)10-5-6-12(17-2)11(15)9-10/h5-6,9,13,16H,3-4,7-8H2,1-2H3. The molecule has 1 aromatic rings. The lowest BCUT2D eigenvalue weighted by Crippen LogP contribution is -2.21. The highest BCUT2D eigenvalue weighted by atomic mass is 35.5. The highest BCUT2D eigenvalue weighted by Crippen LogP contribution is 2.47. The van der Waals surface area contributed by atoms with Crippen LogP contribution < -0.4 is 4.74 Å². The highest BCUT2D eigenvalue weighted by Gasteiger charge is 2.36. The second-order valence-corrected chi connectivity index (χ2v) is 5.56. The minimum atomic E-state index is -0.437. The first-order valence-corrected chi connectivity index (χ1v) is 6.46. The summed E-state index contributed by atoms with van der Waals surface area (Å²) < 4.78 is 5.12. The van der Waals surface area contributed by atoms with Crippen molar-refractivity contribution in [3.63, 3.8) is 0 Å². The van der Waals surface area contributed by atoms with Gasteiger partial charge in [-0.2, -0.15) is 0 Å². The monoisotopic (exact) mass is 254 g/mol. The van der Waals surface area contributed by atoms with Gasteiger partial charge in [0.1, 0.15) is 5.75 Å². The number of methoxy groups -OCH3 is 1. The van der Waals surface area contributed by atoms with E-state index in [1.54, 1.807) is 7.11 Å². The summed E-state index contributed by atoms with van der Waals surface area (Å²) in [4.78, 5) is 0. The van der Waals surface area contributed by atoms with Crippen molar-refractivity contribution in [3.05, 3.63) is 28.8 Å². The molecule has 0 saturated heterocycles. The van der Waals surface area contributed by atoms with Gasteiger partial charge in [0.05, 0.1) is 18.2 Å². The maximum Gasteiger partial charge on any atom is 0.137 e. The third-order valence-corrected chi connectivity index (χ3v) is 4.19. The van der Waals surface area contributed by atoms with Crippen molar-refractivity contribution in [1.29, 1.82) is 0 Å². The predicted octanol–water partition coefficient (Wildman–Crippen LogP) is 3.96. The quantitative estimate of drug-likeness (QED) is 0.885. The van der Waals surface area contributed by atoms with Gasteiger partial charge in [0, 0.05) is 0 Å². The van der Waals surface area contributed by atoms with Crippen molar-refractivity contribution in [1.82, 2.24) is 0 Å². The molecule has 1 saturated carbocycles. The van der Waals surface area contributed by atoms with Crippen molar-refractivity contribution < 1.29 is 9.84 Å². The molecular formula is C14H19ClO2. The molecule has 0 spiro atoms. The third kappa shape index (κ3) is 2.43. The molecule has 1 fully saturated rings. The summed E-state index contributed by atoms with van der Waals surface area (Å²) in [6.07, 6.45) is 4.14. The van der Waals surface area contributed by atoms with Gasteiger partial charge in [-0.1, -0.05) is 37.4 Å². The van der Waals surface area contributed by atoms with Crippen LogP contribution in [0.1, 0.15) is 44.3 Å². The molecule has 1 aromatic carbocycles. The molecule has 3 heteroatoms. The van der Waals surface area contributed by atoms with Crippen LogP contribution in [-0.4, -0.2) is 12.2 Å². The zero-order valence-corrected chi connectivity index (χ0v) is 11.1. The summed E-state index contributed by atoms with van der Waals surface area (Å²) in [6, 6.07) is 5.53. The van der Waals surface area contributed by atoms with Crippen LogP contribution in [0.25, 0.3) is 0 Å². The Bertz CT molecular complexity index is 397. The second kappa shape index (κ2) is 4.87. The van der Waals surface area contributed by atoms with E-state index in [1.807, 2.05) is 18.2 Å². The summed E-state index contributed by atoms with van der Waals surface area (Å²) in [7, 11) is 1.59. The predicted molar refractivity (Wildman–Crippen MR) is 69.5 cm³/mol. The van der Waals surface area contributed by atoms with Crippen LogP contribution in [0, 0.1) is 5.41 Å². The van der Waals surface area contributed by atoms with Crippen LogP contribution in [0.4, 0.5) is 0 Å². The Labute approximate surface area is 108 Å². The smallest absolute Gasteiger partial charge is 0.137 e. The van der Waals surface area contributed by atoms with Gasteiger partial charge in [-0.3, -0.25) is 0 Å². The third-order valence-electron chi connectivity index (χ3n) is 3.90. The molecule has 17 heavy (non-hydrogen) atoms. The first-order valence-electron chi connectivity index (χ1n) is 6.08. The number of hydrogen-bond acceptors (Lipinski definition) is 2. The number of benzene rings is 1. The molecule has 1 atom stereocenters. The summed E-state index contributed by atoms with van der Waals surface area (Å²) in [6.45, 7) is 2.16. The minimum Gasteiger partial charge on any atom is -0.495 e. The van der Waals surface area contributed by atoms with Crippen molar-refractivity contribution in [2.75, 3.05) is 7.11 Å². The number of rotatable bonds is 3. The van der Waals surface area contributed by atoms with E-state index in [0.29, 0.717) is 10.8 Å². The Morgan fingerprint density at radius 3 is 2.53 bits per heavy atom. The van der Waals surface area contributed by atoms with Crippen LogP contribution in [0.3, 0.4) is 0 Å². The van der Waals surface area contributed by atoms with E-state index in [4.69, 9.17) is 16.3 Å². The van der Waals surface area contributed by atoms with Gasteiger partial charge in [-0.05, 0) is 36.0 Å². The molecule has 0 aromatic heterocycles. The zero-order chi connectivity index (χ0) is 12.5. The molecule has 1 N–H and O–H groups in total. The first kappa shape index (κ1) is 12.7. The Balaban J connectivity index is 2.25. The van der Waals surface area contributed by atoms with E-state index in [-0.39, 0.29) is 5.41 Å². The first-order chi connectivity index (χ1) is 8.07. The molecule has 0 radical (unpaired) electrons. The van der Waals surface area contributed by atoms with E-state index < -0.39 is 6.10 Å². The second-order valence-electron chi connectivity index (χ2n) is 5.16. The summed E-state index contributed by atoms with van der Waals surface area (Å²) in [5, 5.41) is 11.0. The van der Waals surface area contributed by atoms with E-state index >= 15 is 0 Å². The van der Waals surface area contributed by atoms with Crippen LogP contribution in [0.2, 0.25) is 5.02 Å². The van der Waals surface area contributed by atoms with Crippen LogP contribution in [0.5, 0.6) is 5.75 Å². The van der Waals surface area contributed by atoms with Gasteiger partial charge in [0.15, 0.2) is 0 Å². The number of aliphatic hydroxyl groups excluding tert-OH is 1. The molecule has 0 amide bonds. The number of ether oxygens (including phenoxy) is 1. The molecule has 94 valence electrons. The lowest BCUT2D eigenvalue weighted by atomic mass is 9.79. The molecule has 1 aliphatic carbocycles. The molecule has 0 aliphatic heterocycles. The molecule has 1 unspecified atom stereocenters. The maximum atomic E-state index is 10.5. The lowest BCUT2D eigenvalue weighted by molar-refractivity contribution is 0.0408. The average molecular weight is 255 g/mol. The van der Waals surface area contributed by atoms with Crippen molar-refractivity contribution in [2.24, 2.45) is 5.41 Å². The minimum absolute atomic E-state index is 0.00207. The van der Waals surface area contributed by atoms with Gasteiger partial charge in [-0.15, -0.1) is 0 Å². The van der Waals surface area contributed by atoms with Gasteiger partial charge in [-0.25, -0.2) is 0 Å². The normalized spacial score (nSPS) is 20.2. The Kier molecular flexibility index (Phi) is 3.64. The Morgan fingerprint density at radius 2 is 2.00 bits per heavy atom. The zero-order valence-electron chi connectivity index (χ0n) is 10.4. The maximum absolute atomic E-state index is 10.5. The van der Waals surface area contributed by atoms with Crippen LogP contribution >= 0.6 is 11.6 Å².